The zero-order valence-corrected chi connectivity index (χ0v) is 11.5. The largest absolute Gasteiger partial charge is 0.396 e. The SMILES string of the molecule is O=S(=O)(Nc1ccc(F)c(F)c1)N1CCC(CO)CC1. The molecule has 1 aromatic rings. The number of nitrogens with one attached hydrogen (secondary N) is 1. The molecule has 112 valence electrons. The second kappa shape index (κ2) is 6.02. The molecule has 0 amide bonds. The van der Waals surface area contributed by atoms with E-state index in [1.165, 1.54) is 4.31 Å². The predicted octanol–water partition coefficient (Wildman–Crippen LogP) is 1.33. The van der Waals surface area contributed by atoms with Crippen molar-refractivity contribution in [3.8, 4) is 0 Å². The Kier molecular flexibility index (Phi) is 4.56. The summed E-state index contributed by atoms with van der Waals surface area (Å²) in [6.45, 7) is 0.638. The van der Waals surface area contributed by atoms with Gasteiger partial charge >= 0.3 is 10.2 Å². The first kappa shape index (κ1) is 15.1. The Labute approximate surface area is 116 Å². The third-order valence-electron chi connectivity index (χ3n) is 3.34. The Morgan fingerprint density at radius 3 is 2.45 bits per heavy atom. The molecule has 5 nitrogen and oxygen atoms in total. The quantitative estimate of drug-likeness (QED) is 0.881. The zero-order chi connectivity index (χ0) is 14.8. The lowest BCUT2D eigenvalue weighted by Crippen LogP contribution is -2.42. The number of hydrogen-bond donors (Lipinski definition) is 2. The van der Waals surface area contributed by atoms with Crippen molar-refractivity contribution in [2.75, 3.05) is 24.4 Å². The van der Waals surface area contributed by atoms with Gasteiger partial charge in [0.1, 0.15) is 0 Å². The molecule has 0 saturated carbocycles. The highest BCUT2D eigenvalue weighted by Crippen LogP contribution is 2.21. The molecule has 0 radical (unpaired) electrons. The van der Waals surface area contributed by atoms with E-state index < -0.39 is 21.8 Å². The molecule has 8 heteroatoms. The fourth-order valence-corrected chi connectivity index (χ4v) is 3.35. The Morgan fingerprint density at radius 1 is 1.25 bits per heavy atom. The molecule has 0 unspecified atom stereocenters. The second-order valence-corrected chi connectivity index (χ2v) is 6.43. The van der Waals surface area contributed by atoms with Gasteiger partial charge in [0.15, 0.2) is 11.6 Å². The summed E-state index contributed by atoms with van der Waals surface area (Å²) in [7, 11) is -3.79. The van der Waals surface area contributed by atoms with Crippen LogP contribution in [0.1, 0.15) is 12.8 Å². The molecule has 1 aliphatic heterocycles. The number of piperidine rings is 1. The van der Waals surface area contributed by atoms with Gasteiger partial charge in [0.05, 0.1) is 5.69 Å². The summed E-state index contributed by atoms with van der Waals surface area (Å²) in [6.07, 6.45) is 1.16. The molecule has 1 saturated heterocycles. The van der Waals surface area contributed by atoms with Crippen LogP contribution in [-0.4, -0.2) is 37.5 Å². The number of anilines is 1. The van der Waals surface area contributed by atoms with Crippen LogP contribution < -0.4 is 4.72 Å². The van der Waals surface area contributed by atoms with E-state index in [0.717, 1.165) is 18.2 Å². The Balaban J connectivity index is 2.05. The highest BCUT2D eigenvalue weighted by atomic mass is 32.2. The number of benzene rings is 1. The van der Waals surface area contributed by atoms with Crippen molar-refractivity contribution < 1.29 is 22.3 Å². The summed E-state index contributed by atoms with van der Waals surface area (Å²) in [5.41, 5.74) is -0.0202. The Bertz CT molecular complexity index is 572. The van der Waals surface area contributed by atoms with Crippen LogP contribution in [0.25, 0.3) is 0 Å². The molecule has 1 fully saturated rings. The van der Waals surface area contributed by atoms with Crippen molar-refractivity contribution in [3.05, 3.63) is 29.8 Å². The minimum Gasteiger partial charge on any atom is -0.396 e. The highest BCUT2D eigenvalue weighted by Gasteiger charge is 2.27. The standard InChI is InChI=1S/C12H16F2N2O3S/c13-11-2-1-10(7-12(11)14)15-20(18,19)16-5-3-9(8-17)4-6-16/h1-2,7,9,15,17H,3-6,8H2. The van der Waals surface area contributed by atoms with Crippen LogP contribution in [0.2, 0.25) is 0 Å². The minimum atomic E-state index is -3.79. The van der Waals surface area contributed by atoms with Gasteiger partial charge in [-0.15, -0.1) is 0 Å². The fourth-order valence-electron chi connectivity index (χ4n) is 2.11. The van der Waals surface area contributed by atoms with Gasteiger partial charge in [-0.05, 0) is 30.9 Å². The number of aliphatic hydroxyl groups excluding tert-OH is 1. The molecular weight excluding hydrogens is 290 g/mol. The molecule has 0 aromatic heterocycles. The summed E-state index contributed by atoms with van der Waals surface area (Å²) in [5, 5.41) is 9.01. The van der Waals surface area contributed by atoms with E-state index in [0.29, 0.717) is 25.9 Å². The van der Waals surface area contributed by atoms with Gasteiger partial charge in [0.2, 0.25) is 0 Å². The fraction of sp³-hybridized carbons (Fsp3) is 0.500. The van der Waals surface area contributed by atoms with Gasteiger partial charge in [-0.3, -0.25) is 4.72 Å². The van der Waals surface area contributed by atoms with Gasteiger partial charge in [0.25, 0.3) is 0 Å². The molecule has 0 spiro atoms. The van der Waals surface area contributed by atoms with E-state index in [4.69, 9.17) is 5.11 Å². The topological polar surface area (TPSA) is 69.6 Å². The minimum absolute atomic E-state index is 0.0202. The molecule has 2 rings (SSSR count). The predicted molar refractivity (Wildman–Crippen MR) is 70.3 cm³/mol. The van der Waals surface area contributed by atoms with E-state index in [2.05, 4.69) is 4.72 Å². The number of halogens is 2. The van der Waals surface area contributed by atoms with Gasteiger partial charge < -0.3 is 5.11 Å². The maximum absolute atomic E-state index is 13.0. The van der Waals surface area contributed by atoms with E-state index in [-0.39, 0.29) is 18.2 Å². The van der Waals surface area contributed by atoms with Crippen LogP contribution in [0.15, 0.2) is 18.2 Å². The van der Waals surface area contributed by atoms with E-state index in [1.807, 2.05) is 0 Å². The smallest absolute Gasteiger partial charge is 0.301 e. The van der Waals surface area contributed by atoms with Crippen molar-refractivity contribution in [2.24, 2.45) is 5.92 Å². The van der Waals surface area contributed by atoms with Crippen molar-refractivity contribution in [2.45, 2.75) is 12.8 Å². The summed E-state index contributed by atoms with van der Waals surface area (Å²) in [6, 6.07) is 2.83. The van der Waals surface area contributed by atoms with Gasteiger partial charge in [-0.1, -0.05) is 0 Å². The molecule has 1 heterocycles. The number of aliphatic hydroxyl groups is 1. The van der Waals surface area contributed by atoms with E-state index in [9.17, 15) is 17.2 Å². The molecule has 2 N–H and O–H groups in total. The Morgan fingerprint density at radius 2 is 1.90 bits per heavy atom. The highest BCUT2D eigenvalue weighted by molar-refractivity contribution is 7.90. The third kappa shape index (κ3) is 3.44. The molecule has 0 bridgehead atoms. The van der Waals surface area contributed by atoms with Gasteiger partial charge in [-0.2, -0.15) is 12.7 Å². The van der Waals surface area contributed by atoms with Crippen LogP contribution in [0.3, 0.4) is 0 Å². The number of hydrogen-bond acceptors (Lipinski definition) is 3. The molecule has 0 atom stereocenters. The van der Waals surface area contributed by atoms with Gasteiger partial charge in [-0.25, -0.2) is 8.78 Å². The van der Waals surface area contributed by atoms with Crippen molar-refractivity contribution in [1.29, 1.82) is 0 Å². The first-order chi connectivity index (χ1) is 9.42. The van der Waals surface area contributed by atoms with E-state index >= 15 is 0 Å². The second-order valence-electron chi connectivity index (χ2n) is 4.76. The average Bonchev–Trinajstić information content (AvgIpc) is 2.43. The normalized spacial score (nSPS) is 18.1. The van der Waals surface area contributed by atoms with Crippen LogP contribution in [0.5, 0.6) is 0 Å². The molecule has 0 aliphatic carbocycles. The molecule has 20 heavy (non-hydrogen) atoms. The summed E-state index contributed by atoms with van der Waals surface area (Å²) >= 11 is 0. The summed E-state index contributed by atoms with van der Waals surface area (Å²) < 4.78 is 53.4. The molecular formula is C12H16F2N2O3S. The lowest BCUT2D eigenvalue weighted by molar-refractivity contribution is 0.170. The molecule has 1 aromatic carbocycles. The molecule has 1 aliphatic rings. The van der Waals surface area contributed by atoms with E-state index in [1.54, 1.807) is 0 Å². The number of nitrogens with zero attached hydrogens (tertiary/aromatic N) is 1. The van der Waals surface area contributed by atoms with Crippen LogP contribution >= 0.6 is 0 Å². The van der Waals surface area contributed by atoms with Crippen molar-refractivity contribution in [3.63, 3.8) is 0 Å². The average molecular weight is 306 g/mol. The monoisotopic (exact) mass is 306 g/mol. The Hall–Kier alpha value is -1.25. The van der Waals surface area contributed by atoms with Crippen molar-refractivity contribution >= 4 is 15.9 Å². The summed E-state index contributed by atoms with van der Waals surface area (Å²) in [4.78, 5) is 0. The summed E-state index contributed by atoms with van der Waals surface area (Å²) in [5.74, 6) is -2.02. The van der Waals surface area contributed by atoms with Crippen LogP contribution in [-0.2, 0) is 10.2 Å². The van der Waals surface area contributed by atoms with Crippen molar-refractivity contribution in [1.82, 2.24) is 4.31 Å². The maximum Gasteiger partial charge on any atom is 0.301 e. The van der Waals surface area contributed by atoms with Crippen LogP contribution in [0, 0.1) is 17.6 Å². The first-order valence-corrected chi connectivity index (χ1v) is 7.70. The lowest BCUT2D eigenvalue weighted by atomic mass is 10.00. The zero-order valence-electron chi connectivity index (χ0n) is 10.7. The lowest BCUT2D eigenvalue weighted by Gasteiger charge is -2.30. The first-order valence-electron chi connectivity index (χ1n) is 6.26. The number of rotatable bonds is 4. The maximum atomic E-state index is 13.0. The van der Waals surface area contributed by atoms with Gasteiger partial charge in [0, 0.05) is 25.8 Å². The van der Waals surface area contributed by atoms with Crippen LogP contribution in [0.4, 0.5) is 14.5 Å². The third-order valence-corrected chi connectivity index (χ3v) is 4.88.